The molecule has 190 valence electrons. The van der Waals surface area contributed by atoms with E-state index in [1.165, 1.54) is 6.92 Å². The summed E-state index contributed by atoms with van der Waals surface area (Å²) in [7, 11) is -2.74. The van der Waals surface area contributed by atoms with E-state index in [4.69, 9.17) is 27.6 Å². The van der Waals surface area contributed by atoms with Crippen LogP contribution >= 0.6 is 23.2 Å². The SMILES string of the molecule is CC(=O)C(CCO[Si](c1ccccc1)(c1ccccc1)C(C)(C)C)C(=O)NCc1ccc(Cl)cc1Cl. The number of carbonyl (C=O) groups is 2. The smallest absolute Gasteiger partial charge is 0.261 e. The predicted octanol–water partition coefficient (Wildman–Crippen LogP) is 5.78. The Hall–Kier alpha value is -2.44. The molecule has 0 saturated heterocycles. The summed E-state index contributed by atoms with van der Waals surface area (Å²) in [5.41, 5.74) is 0.736. The van der Waals surface area contributed by atoms with Crippen molar-refractivity contribution in [2.75, 3.05) is 6.61 Å². The summed E-state index contributed by atoms with van der Waals surface area (Å²) >= 11 is 12.2. The van der Waals surface area contributed by atoms with Crippen LogP contribution in [0, 0.1) is 5.92 Å². The van der Waals surface area contributed by atoms with Gasteiger partial charge in [0.05, 0.1) is 5.92 Å². The Kier molecular flexibility index (Phi) is 9.53. The Labute approximate surface area is 225 Å². The van der Waals surface area contributed by atoms with Gasteiger partial charge >= 0.3 is 0 Å². The minimum atomic E-state index is -2.74. The van der Waals surface area contributed by atoms with Crippen molar-refractivity contribution in [1.29, 1.82) is 0 Å². The van der Waals surface area contributed by atoms with Gasteiger partial charge in [-0.05, 0) is 46.5 Å². The number of rotatable bonds is 10. The third-order valence-corrected chi connectivity index (χ3v) is 12.0. The van der Waals surface area contributed by atoms with Crippen molar-refractivity contribution in [1.82, 2.24) is 5.32 Å². The van der Waals surface area contributed by atoms with Crippen molar-refractivity contribution in [2.45, 2.75) is 45.7 Å². The van der Waals surface area contributed by atoms with E-state index in [-0.39, 0.29) is 29.9 Å². The zero-order valence-electron chi connectivity index (χ0n) is 21.2. The average Bonchev–Trinajstić information content (AvgIpc) is 2.83. The topological polar surface area (TPSA) is 55.4 Å². The maximum atomic E-state index is 13.0. The van der Waals surface area contributed by atoms with Gasteiger partial charge in [0, 0.05) is 23.2 Å². The van der Waals surface area contributed by atoms with Gasteiger partial charge in [-0.15, -0.1) is 0 Å². The molecule has 36 heavy (non-hydrogen) atoms. The van der Waals surface area contributed by atoms with Crippen LogP contribution in [0.25, 0.3) is 0 Å². The van der Waals surface area contributed by atoms with Gasteiger partial charge in [-0.3, -0.25) is 9.59 Å². The minimum absolute atomic E-state index is 0.185. The van der Waals surface area contributed by atoms with E-state index in [1.807, 2.05) is 36.4 Å². The van der Waals surface area contributed by atoms with E-state index in [2.05, 4.69) is 50.4 Å². The number of hydrogen-bond acceptors (Lipinski definition) is 3. The molecule has 0 fully saturated rings. The molecular formula is C29H33Cl2NO3Si. The highest BCUT2D eigenvalue weighted by Gasteiger charge is 2.50. The third kappa shape index (κ3) is 6.46. The average molecular weight is 543 g/mol. The van der Waals surface area contributed by atoms with Crippen LogP contribution in [0.4, 0.5) is 0 Å². The number of hydrogen-bond donors (Lipinski definition) is 1. The molecule has 1 N–H and O–H groups in total. The highest BCUT2D eigenvalue weighted by atomic mass is 35.5. The fourth-order valence-electron chi connectivity index (χ4n) is 4.58. The highest BCUT2D eigenvalue weighted by Crippen LogP contribution is 2.37. The predicted molar refractivity (Wildman–Crippen MR) is 151 cm³/mol. The Morgan fingerprint density at radius 3 is 1.94 bits per heavy atom. The molecule has 0 bridgehead atoms. The fraction of sp³-hybridized carbons (Fsp3) is 0.310. The first kappa shape index (κ1) is 28.1. The number of halogens is 2. The summed E-state index contributed by atoms with van der Waals surface area (Å²) in [6, 6.07) is 25.7. The molecule has 0 aliphatic rings. The molecule has 1 amide bonds. The van der Waals surface area contributed by atoms with Gasteiger partial charge in [0.2, 0.25) is 5.91 Å². The molecule has 0 aliphatic heterocycles. The quantitative estimate of drug-likeness (QED) is 0.261. The van der Waals surface area contributed by atoms with E-state index in [9.17, 15) is 9.59 Å². The second-order valence-corrected chi connectivity index (χ2v) is 15.1. The van der Waals surface area contributed by atoms with Crippen molar-refractivity contribution in [3.8, 4) is 0 Å². The first-order valence-electron chi connectivity index (χ1n) is 12.0. The zero-order chi connectivity index (χ0) is 26.3. The van der Waals surface area contributed by atoms with Gasteiger partial charge in [-0.25, -0.2) is 0 Å². The molecule has 1 atom stereocenters. The van der Waals surface area contributed by atoms with Crippen LogP contribution in [-0.2, 0) is 20.6 Å². The Morgan fingerprint density at radius 1 is 0.917 bits per heavy atom. The van der Waals surface area contributed by atoms with Crippen LogP contribution in [0.5, 0.6) is 0 Å². The lowest BCUT2D eigenvalue weighted by Crippen LogP contribution is -2.66. The Morgan fingerprint density at radius 2 is 1.47 bits per heavy atom. The van der Waals surface area contributed by atoms with Gasteiger partial charge in [0.15, 0.2) is 0 Å². The van der Waals surface area contributed by atoms with Crippen molar-refractivity contribution in [3.05, 3.63) is 94.5 Å². The van der Waals surface area contributed by atoms with Crippen LogP contribution < -0.4 is 15.7 Å². The molecule has 0 radical (unpaired) electrons. The molecule has 3 aromatic carbocycles. The van der Waals surface area contributed by atoms with Gasteiger partial charge in [-0.2, -0.15) is 0 Å². The van der Waals surface area contributed by atoms with Crippen LogP contribution in [-0.4, -0.2) is 26.6 Å². The maximum Gasteiger partial charge on any atom is 0.261 e. The third-order valence-electron chi connectivity index (χ3n) is 6.42. The lowest BCUT2D eigenvalue weighted by atomic mass is 10.0. The normalized spacial score (nSPS) is 12.7. The number of benzene rings is 3. The summed E-state index contributed by atoms with van der Waals surface area (Å²) in [4.78, 5) is 25.4. The van der Waals surface area contributed by atoms with E-state index < -0.39 is 14.2 Å². The Balaban J connectivity index is 1.80. The second kappa shape index (κ2) is 12.2. The highest BCUT2D eigenvalue weighted by molar-refractivity contribution is 6.99. The molecule has 0 saturated carbocycles. The number of Topliss-reactive ketones (excluding diaryl/α,β-unsaturated/α-hetero) is 1. The van der Waals surface area contributed by atoms with Crippen molar-refractivity contribution in [3.63, 3.8) is 0 Å². The minimum Gasteiger partial charge on any atom is -0.407 e. The van der Waals surface area contributed by atoms with Gasteiger partial charge < -0.3 is 9.74 Å². The van der Waals surface area contributed by atoms with Crippen LogP contribution in [0.1, 0.15) is 39.7 Å². The second-order valence-electron chi connectivity index (χ2n) is 9.92. The van der Waals surface area contributed by atoms with Crippen molar-refractivity contribution < 1.29 is 14.0 Å². The number of amides is 1. The maximum absolute atomic E-state index is 13.0. The lowest BCUT2D eigenvalue weighted by Gasteiger charge is -2.43. The van der Waals surface area contributed by atoms with Crippen molar-refractivity contribution in [2.24, 2.45) is 5.92 Å². The Bertz CT molecular complexity index is 1140. The standard InChI is InChI=1S/C29H33Cl2NO3Si/c1-21(33)26(28(34)32-20-22-15-16-23(30)19-27(22)31)17-18-35-36(29(2,3)4,24-11-7-5-8-12-24)25-13-9-6-10-14-25/h5-16,19,26H,17-18,20H2,1-4H3,(H,32,34). The van der Waals surface area contributed by atoms with Gasteiger partial charge in [0.25, 0.3) is 8.32 Å². The number of nitrogens with one attached hydrogen (secondary N) is 1. The molecule has 0 heterocycles. The zero-order valence-corrected chi connectivity index (χ0v) is 23.7. The first-order chi connectivity index (χ1) is 17.1. The van der Waals surface area contributed by atoms with E-state index in [0.717, 1.165) is 15.9 Å². The van der Waals surface area contributed by atoms with Gasteiger partial charge in [-0.1, -0.05) is 111 Å². The van der Waals surface area contributed by atoms with E-state index in [0.29, 0.717) is 16.5 Å². The molecule has 0 aromatic heterocycles. The van der Waals surface area contributed by atoms with Crippen LogP contribution in [0.3, 0.4) is 0 Å². The van der Waals surface area contributed by atoms with Gasteiger partial charge in [0.1, 0.15) is 5.78 Å². The number of carbonyl (C=O) groups excluding carboxylic acids is 2. The largest absolute Gasteiger partial charge is 0.407 e. The molecule has 4 nitrogen and oxygen atoms in total. The van der Waals surface area contributed by atoms with Crippen LogP contribution in [0.2, 0.25) is 15.1 Å². The molecule has 0 spiro atoms. The summed E-state index contributed by atoms with van der Waals surface area (Å²) in [6.45, 7) is 8.54. The summed E-state index contributed by atoms with van der Waals surface area (Å²) in [5, 5.41) is 5.97. The molecule has 0 aliphatic carbocycles. The molecule has 7 heteroatoms. The molecule has 1 unspecified atom stereocenters. The summed E-state index contributed by atoms with van der Waals surface area (Å²) in [5.74, 6) is -1.34. The number of ketones is 1. The lowest BCUT2D eigenvalue weighted by molar-refractivity contribution is -0.133. The molecule has 3 aromatic rings. The van der Waals surface area contributed by atoms with Crippen LogP contribution in [0.15, 0.2) is 78.9 Å². The van der Waals surface area contributed by atoms with E-state index in [1.54, 1.807) is 18.2 Å². The monoisotopic (exact) mass is 541 g/mol. The fourth-order valence-corrected chi connectivity index (χ4v) is 9.64. The first-order valence-corrected chi connectivity index (χ1v) is 14.7. The summed E-state index contributed by atoms with van der Waals surface area (Å²) in [6.07, 6.45) is 0.292. The van der Waals surface area contributed by atoms with Crippen molar-refractivity contribution >= 4 is 53.6 Å². The van der Waals surface area contributed by atoms with E-state index >= 15 is 0 Å². The molecule has 3 rings (SSSR count). The summed E-state index contributed by atoms with van der Waals surface area (Å²) < 4.78 is 6.86. The molecular weight excluding hydrogens is 509 g/mol.